The maximum atomic E-state index is 14.1. The second kappa shape index (κ2) is 11.3. The van der Waals surface area contributed by atoms with E-state index < -0.39 is 29.5 Å². The van der Waals surface area contributed by atoms with Crippen LogP contribution < -0.4 is 15.4 Å². The van der Waals surface area contributed by atoms with Crippen LogP contribution in [-0.4, -0.2) is 44.0 Å². The van der Waals surface area contributed by atoms with Crippen molar-refractivity contribution < 1.29 is 23.1 Å². The van der Waals surface area contributed by atoms with Crippen molar-refractivity contribution in [2.24, 2.45) is 0 Å². The van der Waals surface area contributed by atoms with Crippen LogP contribution in [-0.2, 0) is 9.59 Å². The molecule has 2 amide bonds. The van der Waals surface area contributed by atoms with E-state index >= 15 is 0 Å². The van der Waals surface area contributed by atoms with E-state index in [0.29, 0.717) is 18.0 Å². The number of halogens is 2. The van der Waals surface area contributed by atoms with Crippen LogP contribution in [0, 0.1) is 11.6 Å². The monoisotopic (exact) mass is 419 g/mol. The summed E-state index contributed by atoms with van der Waals surface area (Å²) in [5.41, 5.74) is 0.167. The highest BCUT2D eigenvalue weighted by Gasteiger charge is 2.23. The maximum Gasteiger partial charge on any atom is 0.226 e. The molecule has 0 aliphatic carbocycles. The summed E-state index contributed by atoms with van der Waals surface area (Å²) in [5, 5.41) is 5.10. The fraction of sp³-hybridized carbons (Fsp3) is 0.364. The number of hydrogen-bond acceptors (Lipinski definition) is 4. The lowest BCUT2D eigenvalue weighted by Gasteiger charge is -2.19. The smallest absolute Gasteiger partial charge is 0.226 e. The zero-order valence-corrected chi connectivity index (χ0v) is 17.4. The zero-order chi connectivity index (χ0) is 22.1. The Morgan fingerprint density at radius 1 is 1.07 bits per heavy atom. The van der Waals surface area contributed by atoms with Crippen molar-refractivity contribution in [1.82, 2.24) is 10.2 Å². The Balaban J connectivity index is 1.97. The van der Waals surface area contributed by atoms with Gasteiger partial charge in [0, 0.05) is 24.7 Å². The molecule has 1 atom stereocenters. The van der Waals surface area contributed by atoms with E-state index in [1.165, 1.54) is 13.0 Å². The molecule has 8 heteroatoms. The number of amides is 2. The molecule has 2 aromatic rings. The number of ether oxygens (including phenoxy) is 1. The predicted molar refractivity (Wildman–Crippen MR) is 111 cm³/mol. The molecule has 2 aromatic carbocycles. The Morgan fingerprint density at radius 3 is 2.27 bits per heavy atom. The van der Waals surface area contributed by atoms with Gasteiger partial charge in [0.25, 0.3) is 0 Å². The molecule has 0 saturated carbocycles. The van der Waals surface area contributed by atoms with E-state index in [4.69, 9.17) is 4.74 Å². The van der Waals surface area contributed by atoms with Crippen LogP contribution in [0.2, 0.25) is 0 Å². The Kier molecular flexibility index (Phi) is 8.73. The second-order valence-corrected chi connectivity index (χ2v) is 7.17. The summed E-state index contributed by atoms with van der Waals surface area (Å²) >= 11 is 0. The highest BCUT2D eigenvalue weighted by atomic mass is 19.1. The van der Waals surface area contributed by atoms with Gasteiger partial charge in [-0.15, -0.1) is 0 Å². The second-order valence-electron chi connectivity index (χ2n) is 7.17. The van der Waals surface area contributed by atoms with Gasteiger partial charge in [-0.25, -0.2) is 8.78 Å². The van der Waals surface area contributed by atoms with Gasteiger partial charge in [0.2, 0.25) is 11.8 Å². The number of carbonyl (C=O) groups is 2. The van der Waals surface area contributed by atoms with Gasteiger partial charge >= 0.3 is 0 Å². The standard InChI is InChI=1S/C22H27F2N3O3/c1-15(28)25-20(22-18(23)6-4-7-19(22)24)14-21(29)26-16-8-10-17(11-9-16)30-13-5-12-27(2)3/h4,6-11,20H,5,12-14H2,1-3H3,(H,25,28)(H,26,29). The van der Waals surface area contributed by atoms with Crippen LogP contribution in [0.25, 0.3) is 0 Å². The molecular weight excluding hydrogens is 392 g/mol. The average molecular weight is 419 g/mol. The minimum atomic E-state index is -1.12. The first kappa shape index (κ1) is 23.3. The highest BCUT2D eigenvalue weighted by molar-refractivity contribution is 5.91. The number of nitrogens with one attached hydrogen (secondary N) is 2. The molecule has 6 nitrogen and oxygen atoms in total. The highest BCUT2D eigenvalue weighted by Crippen LogP contribution is 2.24. The van der Waals surface area contributed by atoms with E-state index in [9.17, 15) is 18.4 Å². The topological polar surface area (TPSA) is 70.7 Å². The van der Waals surface area contributed by atoms with E-state index in [-0.39, 0.29) is 12.0 Å². The summed E-state index contributed by atoms with van der Waals surface area (Å²) in [5.74, 6) is -1.95. The van der Waals surface area contributed by atoms with Crippen LogP contribution in [0.4, 0.5) is 14.5 Å². The summed E-state index contributed by atoms with van der Waals surface area (Å²) < 4.78 is 33.8. The van der Waals surface area contributed by atoms with Gasteiger partial charge in [0.1, 0.15) is 17.4 Å². The van der Waals surface area contributed by atoms with Crippen LogP contribution >= 0.6 is 0 Å². The first-order chi connectivity index (χ1) is 14.3. The third kappa shape index (κ3) is 7.44. The number of benzene rings is 2. The van der Waals surface area contributed by atoms with Gasteiger partial charge in [-0.3, -0.25) is 9.59 Å². The molecule has 0 bridgehead atoms. The molecule has 30 heavy (non-hydrogen) atoms. The summed E-state index contributed by atoms with van der Waals surface area (Å²) in [6.45, 7) is 2.73. The van der Waals surface area contributed by atoms with Gasteiger partial charge in [0.15, 0.2) is 0 Å². The van der Waals surface area contributed by atoms with Crippen molar-refractivity contribution in [2.45, 2.75) is 25.8 Å². The summed E-state index contributed by atoms with van der Waals surface area (Å²) in [6, 6.07) is 9.09. The minimum absolute atomic E-state index is 0.319. The number of nitrogens with zero attached hydrogens (tertiary/aromatic N) is 1. The van der Waals surface area contributed by atoms with Crippen molar-refractivity contribution in [1.29, 1.82) is 0 Å². The first-order valence-corrected chi connectivity index (χ1v) is 9.64. The Labute approximate surface area is 175 Å². The molecule has 2 rings (SSSR count). The fourth-order valence-corrected chi connectivity index (χ4v) is 2.92. The van der Waals surface area contributed by atoms with Crippen molar-refractivity contribution in [2.75, 3.05) is 32.6 Å². The quantitative estimate of drug-likeness (QED) is 0.579. The van der Waals surface area contributed by atoms with Crippen molar-refractivity contribution >= 4 is 17.5 Å². The molecular formula is C22H27F2N3O3. The van der Waals surface area contributed by atoms with Gasteiger partial charge in [-0.2, -0.15) is 0 Å². The van der Waals surface area contributed by atoms with E-state index in [1.807, 2.05) is 14.1 Å². The fourth-order valence-electron chi connectivity index (χ4n) is 2.92. The molecule has 1 unspecified atom stereocenters. The van der Waals surface area contributed by atoms with E-state index in [0.717, 1.165) is 25.1 Å². The maximum absolute atomic E-state index is 14.1. The lowest BCUT2D eigenvalue weighted by molar-refractivity contribution is -0.120. The van der Waals surface area contributed by atoms with Crippen LogP contribution in [0.15, 0.2) is 42.5 Å². The third-order valence-corrected chi connectivity index (χ3v) is 4.27. The average Bonchev–Trinajstić information content (AvgIpc) is 2.65. The molecule has 0 aliphatic rings. The number of hydrogen-bond donors (Lipinski definition) is 2. The van der Waals surface area contributed by atoms with Gasteiger partial charge in [0.05, 0.1) is 19.1 Å². The normalized spacial score (nSPS) is 11.8. The lowest BCUT2D eigenvalue weighted by Crippen LogP contribution is -2.31. The predicted octanol–water partition coefficient (Wildman–Crippen LogP) is 3.50. The summed E-state index contributed by atoms with van der Waals surface area (Å²) in [7, 11) is 3.99. The van der Waals surface area contributed by atoms with Crippen LogP contribution in [0.5, 0.6) is 5.75 Å². The molecule has 162 valence electrons. The Hall–Kier alpha value is -3.00. The lowest BCUT2D eigenvalue weighted by atomic mass is 10.0. The minimum Gasteiger partial charge on any atom is -0.494 e. The van der Waals surface area contributed by atoms with E-state index in [1.54, 1.807) is 24.3 Å². The van der Waals surface area contributed by atoms with Gasteiger partial charge < -0.3 is 20.3 Å². The van der Waals surface area contributed by atoms with Crippen LogP contribution in [0.1, 0.15) is 31.4 Å². The number of rotatable bonds is 10. The summed E-state index contributed by atoms with van der Waals surface area (Å²) in [6.07, 6.45) is 0.572. The van der Waals surface area contributed by atoms with Crippen molar-refractivity contribution in [3.05, 3.63) is 59.7 Å². The molecule has 0 heterocycles. The first-order valence-electron chi connectivity index (χ1n) is 9.64. The molecule has 0 radical (unpaired) electrons. The Bertz CT molecular complexity index is 837. The molecule has 2 N–H and O–H groups in total. The molecule has 0 spiro atoms. The number of carbonyl (C=O) groups excluding carboxylic acids is 2. The van der Waals surface area contributed by atoms with Crippen molar-refractivity contribution in [3.8, 4) is 5.75 Å². The zero-order valence-electron chi connectivity index (χ0n) is 17.4. The molecule has 0 fully saturated rings. The van der Waals surface area contributed by atoms with Gasteiger partial charge in [-0.05, 0) is 56.9 Å². The molecule has 0 aromatic heterocycles. The van der Waals surface area contributed by atoms with Gasteiger partial charge in [-0.1, -0.05) is 6.07 Å². The van der Waals surface area contributed by atoms with Crippen molar-refractivity contribution in [3.63, 3.8) is 0 Å². The van der Waals surface area contributed by atoms with Crippen LogP contribution in [0.3, 0.4) is 0 Å². The number of anilines is 1. The SMILES string of the molecule is CC(=O)NC(CC(=O)Nc1ccc(OCCCN(C)C)cc1)c1c(F)cccc1F. The molecule has 0 saturated heterocycles. The largest absolute Gasteiger partial charge is 0.494 e. The molecule has 0 aliphatic heterocycles. The Morgan fingerprint density at radius 2 is 1.70 bits per heavy atom. The van der Waals surface area contributed by atoms with E-state index in [2.05, 4.69) is 15.5 Å². The summed E-state index contributed by atoms with van der Waals surface area (Å²) in [4.78, 5) is 26.0. The third-order valence-electron chi connectivity index (χ3n) is 4.27.